The summed E-state index contributed by atoms with van der Waals surface area (Å²) < 4.78 is 56.0. The van der Waals surface area contributed by atoms with E-state index in [9.17, 15) is 17.6 Å². The van der Waals surface area contributed by atoms with Gasteiger partial charge in [0.25, 0.3) is 0 Å². The fourth-order valence-corrected chi connectivity index (χ4v) is 2.77. The summed E-state index contributed by atoms with van der Waals surface area (Å²) in [5.41, 5.74) is 0.623. The lowest BCUT2D eigenvalue weighted by molar-refractivity contribution is -0.0790. The van der Waals surface area contributed by atoms with E-state index in [2.05, 4.69) is 6.92 Å². The number of hydrogen-bond donors (Lipinski definition) is 0. The first-order valence-electron chi connectivity index (χ1n) is 7.56. The molecule has 1 heterocycles. The van der Waals surface area contributed by atoms with Crippen LogP contribution in [0.4, 0.5) is 17.6 Å². The first-order valence-corrected chi connectivity index (χ1v) is 7.56. The molecule has 2 atom stereocenters. The average Bonchev–Trinajstić information content (AvgIpc) is 2.46. The molecule has 1 fully saturated rings. The minimum atomic E-state index is -4.44. The molecular formula is C17H20F4O. The number of hydrogen-bond acceptors (Lipinski definition) is 1. The van der Waals surface area contributed by atoms with Crippen LogP contribution in [0.2, 0.25) is 0 Å². The van der Waals surface area contributed by atoms with E-state index in [0.717, 1.165) is 31.8 Å². The van der Waals surface area contributed by atoms with E-state index in [1.807, 2.05) is 0 Å². The zero-order chi connectivity index (χ0) is 16.2. The predicted octanol–water partition coefficient (Wildman–Crippen LogP) is 5.67. The third-order valence-corrected chi connectivity index (χ3v) is 3.92. The van der Waals surface area contributed by atoms with Crippen molar-refractivity contribution < 1.29 is 22.3 Å². The first kappa shape index (κ1) is 17.0. The largest absolute Gasteiger partial charge is 0.409 e. The topological polar surface area (TPSA) is 9.23 Å². The van der Waals surface area contributed by atoms with Crippen molar-refractivity contribution >= 4 is 6.08 Å². The molecule has 1 nitrogen and oxygen atoms in total. The molecule has 0 N–H and O–H groups in total. The SMILES string of the molecule is CCCC1CCC(c2ccc(C=CC(F)(F)F)c(F)c2)OC1. The summed E-state index contributed by atoms with van der Waals surface area (Å²) in [5.74, 6) is -0.0997. The van der Waals surface area contributed by atoms with Gasteiger partial charge in [0.05, 0.1) is 12.7 Å². The van der Waals surface area contributed by atoms with E-state index in [1.165, 1.54) is 12.1 Å². The standard InChI is InChI=1S/C17H20F4O/c1-2-3-12-4-7-16(22-11-12)14-6-5-13(15(18)10-14)8-9-17(19,20)21/h5-6,8-10,12,16H,2-4,7,11H2,1H3. The van der Waals surface area contributed by atoms with E-state index in [0.29, 0.717) is 18.1 Å². The molecule has 0 aromatic heterocycles. The van der Waals surface area contributed by atoms with Gasteiger partial charge in [0.15, 0.2) is 0 Å². The molecule has 1 aliphatic rings. The van der Waals surface area contributed by atoms with Crippen LogP contribution in [-0.2, 0) is 4.74 Å². The molecule has 1 saturated heterocycles. The van der Waals surface area contributed by atoms with E-state index >= 15 is 0 Å². The second-order valence-electron chi connectivity index (χ2n) is 5.71. The maximum Gasteiger partial charge on any atom is 0.409 e. The lowest BCUT2D eigenvalue weighted by atomic mass is 9.91. The molecular weight excluding hydrogens is 296 g/mol. The minimum absolute atomic E-state index is 0.0392. The lowest BCUT2D eigenvalue weighted by Crippen LogP contribution is -2.20. The highest BCUT2D eigenvalue weighted by molar-refractivity contribution is 5.51. The Labute approximate surface area is 128 Å². The van der Waals surface area contributed by atoms with Gasteiger partial charge in [-0.3, -0.25) is 0 Å². The van der Waals surface area contributed by atoms with Gasteiger partial charge < -0.3 is 4.74 Å². The summed E-state index contributed by atoms with van der Waals surface area (Å²) in [6, 6.07) is 4.29. The summed E-state index contributed by atoms with van der Waals surface area (Å²) in [5, 5.41) is 0. The van der Waals surface area contributed by atoms with Crippen molar-refractivity contribution in [3.63, 3.8) is 0 Å². The van der Waals surface area contributed by atoms with Gasteiger partial charge in [0.2, 0.25) is 0 Å². The molecule has 2 unspecified atom stereocenters. The van der Waals surface area contributed by atoms with Gasteiger partial charge in [-0.1, -0.05) is 25.5 Å². The van der Waals surface area contributed by atoms with Crippen LogP contribution < -0.4 is 0 Å². The molecule has 0 bridgehead atoms. The van der Waals surface area contributed by atoms with Crippen molar-refractivity contribution in [3.8, 4) is 0 Å². The number of halogens is 4. The number of rotatable bonds is 4. The van der Waals surface area contributed by atoms with Crippen molar-refractivity contribution in [2.75, 3.05) is 6.61 Å². The fraction of sp³-hybridized carbons (Fsp3) is 0.529. The van der Waals surface area contributed by atoms with Gasteiger partial charge in [0.1, 0.15) is 5.82 Å². The van der Waals surface area contributed by atoms with Gasteiger partial charge in [-0.2, -0.15) is 13.2 Å². The molecule has 1 aromatic carbocycles. The summed E-state index contributed by atoms with van der Waals surface area (Å²) in [6.07, 6.45) is 0.290. The molecule has 0 aliphatic carbocycles. The molecule has 0 radical (unpaired) electrons. The van der Waals surface area contributed by atoms with Crippen molar-refractivity contribution in [2.24, 2.45) is 5.92 Å². The molecule has 1 aromatic rings. The van der Waals surface area contributed by atoms with Crippen LogP contribution in [0.25, 0.3) is 6.08 Å². The quantitative estimate of drug-likeness (QED) is 0.650. The van der Waals surface area contributed by atoms with Crippen molar-refractivity contribution in [3.05, 3.63) is 41.2 Å². The highest BCUT2D eigenvalue weighted by atomic mass is 19.4. The average molecular weight is 316 g/mol. The maximum atomic E-state index is 13.9. The molecule has 122 valence electrons. The van der Waals surface area contributed by atoms with Crippen LogP contribution in [0.1, 0.15) is 49.8 Å². The molecule has 0 saturated carbocycles. The summed E-state index contributed by atoms with van der Waals surface area (Å²) in [4.78, 5) is 0. The summed E-state index contributed by atoms with van der Waals surface area (Å²) in [6.45, 7) is 2.80. The number of ether oxygens (including phenoxy) is 1. The molecule has 5 heteroatoms. The molecule has 0 amide bonds. The number of benzene rings is 1. The van der Waals surface area contributed by atoms with Gasteiger partial charge in [0, 0.05) is 11.6 Å². The molecule has 1 aliphatic heterocycles. The fourth-order valence-electron chi connectivity index (χ4n) is 2.77. The Morgan fingerprint density at radius 3 is 2.59 bits per heavy atom. The normalized spacial score (nSPS) is 23.1. The van der Waals surface area contributed by atoms with Gasteiger partial charge in [-0.15, -0.1) is 0 Å². The van der Waals surface area contributed by atoms with Crippen LogP contribution >= 0.6 is 0 Å². The van der Waals surface area contributed by atoms with Gasteiger partial charge >= 0.3 is 6.18 Å². The van der Waals surface area contributed by atoms with Crippen LogP contribution in [0.3, 0.4) is 0 Å². The smallest absolute Gasteiger partial charge is 0.373 e. The van der Waals surface area contributed by atoms with E-state index in [4.69, 9.17) is 4.74 Å². The minimum Gasteiger partial charge on any atom is -0.373 e. The Bertz CT molecular complexity index is 514. The van der Waals surface area contributed by atoms with Gasteiger partial charge in [-0.05, 0) is 42.9 Å². The highest BCUT2D eigenvalue weighted by Crippen LogP contribution is 2.33. The predicted molar refractivity (Wildman–Crippen MR) is 77.8 cm³/mol. The Morgan fingerprint density at radius 2 is 2.05 bits per heavy atom. The zero-order valence-corrected chi connectivity index (χ0v) is 12.5. The van der Waals surface area contributed by atoms with Crippen LogP contribution in [0.15, 0.2) is 24.3 Å². The Kier molecular flexibility index (Phi) is 5.62. The second-order valence-corrected chi connectivity index (χ2v) is 5.71. The number of alkyl halides is 3. The van der Waals surface area contributed by atoms with Gasteiger partial charge in [-0.25, -0.2) is 4.39 Å². The number of allylic oxidation sites excluding steroid dienone is 1. The Balaban J connectivity index is 2.02. The third-order valence-electron chi connectivity index (χ3n) is 3.92. The molecule has 2 rings (SSSR count). The Hall–Kier alpha value is -1.36. The Morgan fingerprint density at radius 1 is 1.27 bits per heavy atom. The van der Waals surface area contributed by atoms with Crippen molar-refractivity contribution in [1.82, 2.24) is 0 Å². The van der Waals surface area contributed by atoms with Crippen LogP contribution in [0, 0.1) is 11.7 Å². The van der Waals surface area contributed by atoms with Crippen LogP contribution in [-0.4, -0.2) is 12.8 Å². The zero-order valence-electron chi connectivity index (χ0n) is 12.5. The van der Waals surface area contributed by atoms with E-state index in [-0.39, 0.29) is 17.7 Å². The molecule has 0 spiro atoms. The first-order chi connectivity index (χ1) is 10.4. The monoisotopic (exact) mass is 316 g/mol. The van der Waals surface area contributed by atoms with Crippen molar-refractivity contribution in [1.29, 1.82) is 0 Å². The van der Waals surface area contributed by atoms with Crippen molar-refractivity contribution in [2.45, 2.75) is 44.9 Å². The highest BCUT2D eigenvalue weighted by Gasteiger charge is 2.24. The van der Waals surface area contributed by atoms with E-state index in [1.54, 1.807) is 6.07 Å². The summed E-state index contributed by atoms with van der Waals surface area (Å²) >= 11 is 0. The maximum absolute atomic E-state index is 13.9. The van der Waals surface area contributed by atoms with Crippen LogP contribution in [0.5, 0.6) is 0 Å². The van der Waals surface area contributed by atoms with E-state index < -0.39 is 12.0 Å². The lowest BCUT2D eigenvalue weighted by Gasteiger charge is -2.29. The molecule has 22 heavy (non-hydrogen) atoms. The summed E-state index contributed by atoms with van der Waals surface area (Å²) in [7, 11) is 0. The second kappa shape index (κ2) is 7.27. The third kappa shape index (κ3) is 4.83.